The highest BCUT2D eigenvalue weighted by Crippen LogP contribution is 2.26. The van der Waals surface area contributed by atoms with Gasteiger partial charge in [0.1, 0.15) is 0 Å². The molecule has 1 aliphatic rings. The molecule has 1 fully saturated rings. The first-order valence-corrected chi connectivity index (χ1v) is 9.32. The van der Waals surface area contributed by atoms with Gasteiger partial charge in [0.25, 0.3) is 0 Å². The summed E-state index contributed by atoms with van der Waals surface area (Å²) in [5.74, 6) is 1.20. The Balaban J connectivity index is 1.90. The number of hydrogen-bond donors (Lipinski definition) is 1. The molecule has 1 saturated carbocycles. The molecule has 20 heavy (non-hydrogen) atoms. The highest BCUT2D eigenvalue weighted by atomic mass is 32.2. The van der Waals surface area contributed by atoms with Crippen LogP contribution in [0.15, 0.2) is 30.3 Å². The van der Waals surface area contributed by atoms with E-state index in [1.165, 1.54) is 43.5 Å². The molecule has 0 heterocycles. The summed E-state index contributed by atoms with van der Waals surface area (Å²) < 4.78 is 0. The fourth-order valence-electron chi connectivity index (χ4n) is 3.03. The van der Waals surface area contributed by atoms with E-state index in [2.05, 4.69) is 46.8 Å². The van der Waals surface area contributed by atoms with Gasteiger partial charge in [-0.1, -0.05) is 37.5 Å². The van der Waals surface area contributed by atoms with E-state index >= 15 is 0 Å². The van der Waals surface area contributed by atoms with Gasteiger partial charge >= 0.3 is 0 Å². The summed E-state index contributed by atoms with van der Waals surface area (Å²) in [6.45, 7) is 3.34. The number of thioether (sulfide) groups is 1. The van der Waals surface area contributed by atoms with Crippen molar-refractivity contribution >= 4 is 17.4 Å². The van der Waals surface area contributed by atoms with Crippen LogP contribution in [0, 0.1) is 0 Å². The molecule has 0 spiro atoms. The topological polar surface area (TPSA) is 15.3 Å². The number of para-hydroxylation sites is 1. The number of nitrogens with one attached hydrogen (secondary N) is 1. The van der Waals surface area contributed by atoms with Crippen LogP contribution >= 0.6 is 11.8 Å². The maximum atomic E-state index is 3.56. The Labute approximate surface area is 128 Å². The van der Waals surface area contributed by atoms with Crippen molar-refractivity contribution in [1.82, 2.24) is 5.32 Å². The lowest BCUT2D eigenvalue weighted by Gasteiger charge is -2.36. The Morgan fingerprint density at radius 2 is 1.85 bits per heavy atom. The molecule has 1 N–H and O–H groups in total. The van der Waals surface area contributed by atoms with E-state index in [-0.39, 0.29) is 0 Å². The van der Waals surface area contributed by atoms with Crippen LogP contribution in [-0.4, -0.2) is 37.7 Å². The Kier molecular flexibility index (Phi) is 7.31. The molecule has 1 aromatic rings. The molecule has 0 saturated heterocycles. The monoisotopic (exact) mass is 292 g/mol. The summed E-state index contributed by atoms with van der Waals surface area (Å²) in [5.41, 5.74) is 1.39. The second-order valence-electron chi connectivity index (χ2n) is 5.56. The van der Waals surface area contributed by atoms with Gasteiger partial charge in [-0.2, -0.15) is 11.8 Å². The number of nitrogens with zero attached hydrogens (tertiary/aromatic N) is 1. The van der Waals surface area contributed by atoms with Crippen molar-refractivity contribution in [1.29, 1.82) is 0 Å². The first-order chi connectivity index (χ1) is 9.92. The van der Waals surface area contributed by atoms with E-state index in [1.807, 2.05) is 11.8 Å². The standard InChI is InChI=1S/C17H28N2S/c1-20-15-13-18-12-14-19(16-8-4-2-5-9-16)17-10-6-3-7-11-17/h2,4-5,8-9,17-18H,3,6-7,10-15H2,1H3. The van der Waals surface area contributed by atoms with Gasteiger partial charge in [-0.05, 0) is 31.2 Å². The van der Waals surface area contributed by atoms with Crippen molar-refractivity contribution in [2.75, 3.05) is 36.5 Å². The minimum absolute atomic E-state index is 0.744. The minimum atomic E-state index is 0.744. The van der Waals surface area contributed by atoms with Crippen molar-refractivity contribution in [3.63, 3.8) is 0 Å². The molecule has 0 aromatic heterocycles. The Morgan fingerprint density at radius 1 is 1.10 bits per heavy atom. The van der Waals surface area contributed by atoms with Gasteiger partial charge in [0, 0.05) is 37.1 Å². The molecule has 0 unspecified atom stereocenters. The van der Waals surface area contributed by atoms with Crippen molar-refractivity contribution in [3.05, 3.63) is 30.3 Å². The van der Waals surface area contributed by atoms with Crippen molar-refractivity contribution in [2.24, 2.45) is 0 Å². The molecule has 1 aliphatic carbocycles. The maximum absolute atomic E-state index is 3.56. The fourth-order valence-corrected chi connectivity index (χ4v) is 3.38. The third kappa shape index (κ3) is 5.02. The quantitative estimate of drug-likeness (QED) is 0.734. The second-order valence-corrected chi connectivity index (χ2v) is 6.55. The van der Waals surface area contributed by atoms with Crippen LogP contribution in [0.25, 0.3) is 0 Å². The lowest BCUT2D eigenvalue weighted by atomic mass is 9.93. The summed E-state index contributed by atoms with van der Waals surface area (Å²) >= 11 is 1.91. The molecule has 3 heteroatoms. The second kappa shape index (κ2) is 9.30. The number of anilines is 1. The molecule has 2 rings (SSSR count). The molecule has 0 atom stereocenters. The number of benzene rings is 1. The first-order valence-electron chi connectivity index (χ1n) is 7.93. The average Bonchev–Trinajstić information content (AvgIpc) is 2.53. The van der Waals surface area contributed by atoms with Crippen LogP contribution in [0.2, 0.25) is 0 Å². The molecule has 2 nitrogen and oxygen atoms in total. The van der Waals surface area contributed by atoms with Crippen molar-refractivity contribution in [3.8, 4) is 0 Å². The highest BCUT2D eigenvalue weighted by Gasteiger charge is 2.20. The smallest absolute Gasteiger partial charge is 0.0369 e. The molecule has 0 aliphatic heterocycles. The zero-order chi connectivity index (χ0) is 14.0. The molecule has 0 radical (unpaired) electrons. The SMILES string of the molecule is CSCCNCCN(c1ccccc1)C1CCCCC1. The number of rotatable bonds is 8. The Bertz CT molecular complexity index is 349. The molecule has 0 amide bonds. The van der Waals surface area contributed by atoms with E-state index < -0.39 is 0 Å². The Morgan fingerprint density at radius 3 is 2.55 bits per heavy atom. The van der Waals surface area contributed by atoms with E-state index in [9.17, 15) is 0 Å². The predicted molar refractivity (Wildman–Crippen MR) is 91.9 cm³/mol. The lowest BCUT2D eigenvalue weighted by Crippen LogP contribution is -2.41. The third-order valence-corrected chi connectivity index (χ3v) is 4.73. The summed E-state index contributed by atoms with van der Waals surface area (Å²) in [6.07, 6.45) is 9.10. The summed E-state index contributed by atoms with van der Waals surface area (Å²) in [7, 11) is 0. The number of hydrogen-bond acceptors (Lipinski definition) is 3. The van der Waals surface area contributed by atoms with Crippen molar-refractivity contribution in [2.45, 2.75) is 38.1 Å². The third-order valence-electron chi connectivity index (χ3n) is 4.12. The fraction of sp³-hybridized carbons (Fsp3) is 0.647. The average molecular weight is 292 g/mol. The minimum Gasteiger partial charge on any atom is -0.367 e. The van der Waals surface area contributed by atoms with Gasteiger partial charge in [-0.25, -0.2) is 0 Å². The van der Waals surface area contributed by atoms with Gasteiger partial charge < -0.3 is 10.2 Å². The van der Waals surface area contributed by atoms with Gasteiger partial charge in [-0.15, -0.1) is 0 Å². The largest absolute Gasteiger partial charge is 0.367 e. The van der Waals surface area contributed by atoms with E-state index in [0.717, 1.165) is 25.7 Å². The van der Waals surface area contributed by atoms with Crippen LogP contribution in [-0.2, 0) is 0 Å². The van der Waals surface area contributed by atoms with E-state index in [1.54, 1.807) is 0 Å². The van der Waals surface area contributed by atoms with Crippen LogP contribution < -0.4 is 10.2 Å². The molecular weight excluding hydrogens is 264 g/mol. The van der Waals surface area contributed by atoms with Gasteiger partial charge in [0.05, 0.1) is 0 Å². The molecule has 0 bridgehead atoms. The van der Waals surface area contributed by atoms with Crippen molar-refractivity contribution < 1.29 is 0 Å². The Hall–Kier alpha value is -0.670. The zero-order valence-corrected chi connectivity index (χ0v) is 13.5. The lowest BCUT2D eigenvalue weighted by molar-refractivity contribution is 0.413. The molecular formula is C17H28N2S. The van der Waals surface area contributed by atoms with Gasteiger partial charge in [-0.3, -0.25) is 0 Å². The molecule has 112 valence electrons. The maximum Gasteiger partial charge on any atom is 0.0369 e. The van der Waals surface area contributed by atoms with E-state index in [0.29, 0.717) is 0 Å². The van der Waals surface area contributed by atoms with Crippen LogP contribution in [0.3, 0.4) is 0 Å². The van der Waals surface area contributed by atoms with E-state index in [4.69, 9.17) is 0 Å². The normalized spacial score (nSPS) is 16.2. The highest BCUT2D eigenvalue weighted by molar-refractivity contribution is 7.98. The summed E-state index contributed by atoms with van der Waals surface area (Å²) in [6, 6.07) is 11.7. The predicted octanol–water partition coefficient (Wildman–Crippen LogP) is 3.78. The van der Waals surface area contributed by atoms with Gasteiger partial charge in [0.15, 0.2) is 0 Å². The summed E-state index contributed by atoms with van der Waals surface area (Å²) in [4.78, 5) is 2.63. The van der Waals surface area contributed by atoms with Gasteiger partial charge in [0.2, 0.25) is 0 Å². The summed E-state index contributed by atoms with van der Waals surface area (Å²) in [5, 5.41) is 3.56. The van der Waals surface area contributed by atoms with Crippen LogP contribution in [0.1, 0.15) is 32.1 Å². The van der Waals surface area contributed by atoms with Crippen LogP contribution in [0.5, 0.6) is 0 Å². The first kappa shape index (κ1) is 15.7. The zero-order valence-electron chi connectivity index (χ0n) is 12.7. The van der Waals surface area contributed by atoms with Crippen LogP contribution in [0.4, 0.5) is 5.69 Å². The molecule has 1 aromatic carbocycles.